The van der Waals surface area contributed by atoms with Gasteiger partial charge in [-0.3, -0.25) is 8.74 Å². The summed E-state index contributed by atoms with van der Waals surface area (Å²) in [6, 6.07) is 19.8. The second kappa shape index (κ2) is 6.93. The first kappa shape index (κ1) is 19.5. The maximum atomic E-state index is 12.7. The van der Waals surface area contributed by atoms with Crippen LogP contribution < -0.4 is 0 Å². The maximum Gasteiger partial charge on any atom is 0.297 e. The van der Waals surface area contributed by atoms with Crippen molar-refractivity contribution >= 4 is 41.8 Å². The summed E-state index contributed by atoms with van der Waals surface area (Å²) in [5.41, 5.74) is 0.271. The third-order valence-corrected chi connectivity index (χ3v) is 7.01. The van der Waals surface area contributed by atoms with E-state index in [1.165, 1.54) is 12.1 Å². The van der Waals surface area contributed by atoms with Crippen molar-refractivity contribution in [3.63, 3.8) is 0 Å². The van der Waals surface area contributed by atoms with E-state index in [1.807, 2.05) is 0 Å². The number of fused-ring (bicyclic) bond motifs is 2. The van der Waals surface area contributed by atoms with Crippen LogP contribution in [0.15, 0.2) is 82.6 Å². The predicted molar refractivity (Wildman–Crippen MR) is 111 cm³/mol. The minimum absolute atomic E-state index is 0.109. The number of hydrogen-bond acceptors (Lipinski definition) is 5. The van der Waals surface area contributed by atoms with Crippen molar-refractivity contribution in [1.29, 1.82) is 0 Å². The van der Waals surface area contributed by atoms with Gasteiger partial charge in [-0.2, -0.15) is 16.8 Å². The Bertz CT molecular complexity index is 1470. The van der Waals surface area contributed by atoms with Gasteiger partial charge in [-0.1, -0.05) is 60.7 Å². The van der Waals surface area contributed by atoms with Gasteiger partial charge in [0.2, 0.25) is 0 Å². The molecule has 0 unspecified atom stereocenters. The first-order valence-electron chi connectivity index (χ1n) is 8.56. The average molecular weight is 428 g/mol. The zero-order chi connectivity index (χ0) is 20.8. The summed E-state index contributed by atoms with van der Waals surface area (Å²) in [6.45, 7) is 0. The Morgan fingerprint density at radius 2 is 1.10 bits per heavy atom. The Morgan fingerprint density at radius 3 is 1.59 bits per heavy atom. The van der Waals surface area contributed by atoms with Crippen LogP contribution in [0.1, 0.15) is 0 Å². The normalized spacial score (nSPS) is 12.5. The van der Waals surface area contributed by atoms with Crippen LogP contribution in [0.4, 0.5) is 0 Å². The van der Waals surface area contributed by atoms with Crippen molar-refractivity contribution in [2.75, 3.05) is 7.11 Å². The average Bonchev–Trinajstić information content (AvgIpc) is 2.71. The summed E-state index contributed by atoms with van der Waals surface area (Å²) in [5.74, 6) is 0. The molecular formula is C21H16O6S2. The molecule has 148 valence electrons. The first-order valence-corrected chi connectivity index (χ1v) is 11.4. The minimum atomic E-state index is -4.65. The molecule has 29 heavy (non-hydrogen) atoms. The molecule has 0 atom stereocenters. The molecular weight excluding hydrogens is 412 g/mol. The topological polar surface area (TPSA) is 97.7 Å². The van der Waals surface area contributed by atoms with Gasteiger partial charge in [0.05, 0.1) is 7.11 Å². The molecule has 0 heterocycles. The molecule has 0 aliphatic rings. The van der Waals surface area contributed by atoms with Crippen LogP contribution in [0, 0.1) is 0 Å². The lowest BCUT2D eigenvalue weighted by Crippen LogP contribution is -2.08. The molecule has 4 aromatic rings. The van der Waals surface area contributed by atoms with Crippen molar-refractivity contribution in [2.24, 2.45) is 0 Å². The number of hydrogen-bond donors (Lipinski definition) is 1. The lowest BCUT2D eigenvalue weighted by molar-refractivity contribution is 0.398. The molecule has 0 aliphatic heterocycles. The lowest BCUT2D eigenvalue weighted by Gasteiger charge is -2.17. The molecule has 4 rings (SSSR count). The highest BCUT2D eigenvalue weighted by atomic mass is 32.2. The van der Waals surface area contributed by atoms with E-state index in [-0.39, 0.29) is 20.9 Å². The lowest BCUT2D eigenvalue weighted by atomic mass is 9.94. The molecule has 4 aromatic carbocycles. The van der Waals surface area contributed by atoms with Crippen molar-refractivity contribution in [3.05, 3.63) is 72.8 Å². The van der Waals surface area contributed by atoms with Crippen molar-refractivity contribution in [2.45, 2.75) is 9.79 Å². The largest absolute Gasteiger partial charge is 0.297 e. The van der Waals surface area contributed by atoms with Crippen LogP contribution in [0.2, 0.25) is 0 Å². The summed E-state index contributed by atoms with van der Waals surface area (Å²) in [5, 5.41) is 2.42. The summed E-state index contributed by atoms with van der Waals surface area (Å²) in [7, 11) is -7.78. The van der Waals surface area contributed by atoms with E-state index in [1.54, 1.807) is 60.7 Å². The molecule has 0 bridgehead atoms. The quantitative estimate of drug-likeness (QED) is 0.386. The van der Waals surface area contributed by atoms with Crippen LogP contribution in [0.5, 0.6) is 0 Å². The third-order valence-electron chi connectivity index (χ3n) is 4.80. The summed E-state index contributed by atoms with van der Waals surface area (Å²) in [6.07, 6.45) is 0. The minimum Gasteiger partial charge on any atom is -0.282 e. The van der Waals surface area contributed by atoms with E-state index < -0.39 is 20.2 Å². The molecule has 0 aromatic heterocycles. The van der Waals surface area contributed by atoms with Crippen molar-refractivity contribution in [3.8, 4) is 11.1 Å². The fourth-order valence-electron chi connectivity index (χ4n) is 3.53. The number of rotatable bonds is 4. The molecule has 0 amide bonds. The molecule has 1 N–H and O–H groups in total. The second-order valence-corrected chi connectivity index (χ2v) is 9.49. The zero-order valence-corrected chi connectivity index (χ0v) is 16.9. The Labute approximate surface area is 168 Å². The maximum absolute atomic E-state index is 12.7. The van der Waals surface area contributed by atoms with Crippen molar-refractivity contribution in [1.82, 2.24) is 0 Å². The summed E-state index contributed by atoms with van der Waals surface area (Å²) in [4.78, 5) is -0.556. The predicted octanol–water partition coefficient (Wildman–Crippen LogP) is 4.24. The van der Waals surface area contributed by atoms with E-state index in [2.05, 4.69) is 0 Å². The molecule has 0 saturated heterocycles. The Balaban J connectivity index is 2.33. The Morgan fingerprint density at radius 1 is 0.655 bits per heavy atom. The van der Waals surface area contributed by atoms with E-state index in [0.717, 1.165) is 7.11 Å². The van der Waals surface area contributed by atoms with Gasteiger partial charge in [-0.05, 0) is 33.7 Å². The fraction of sp³-hybridized carbons (Fsp3) is 0.0476. The van der Waals surface area contributed by atoms with Gasteiger partial charge < -0.3 is 0 Å². The zero-order valence-electron chi connectivity index (χ0n) is 15.2. The van der Waals surface area contributed by atoms with Gasteiger partial charge in [-0.15, -0.1) is 0 Å². The van der Waals surface area contributed by atoms with Gasteiger partial charge in [-0.25, -0.2) is 0 Å². The Hall–Kier alpha value is -2.78. The third kappa shape index (κ3) is 3.30. The smallest absolute Gasteiger partial charge is 0.282 e. The summed E-state index contributed by atoms with van der Waals surface area (Å²) >= 11 is 0. The highest BCUT2D eigenvalue weighted by molar-refractivity contribution is 7.87. The monoisotopic (exact) mass is 428 g/mol. The summed E-state index contributed by atoms with van der Waals surface area (Å²) < 4.78 is 64.5. The molecule has 6 nitrogen and oxygen atoms in total. The van der Waals surface area contributed by atoms with Gasteiger partial charge in [0.25, 0.3) is 20.2 Å². The van der Waals surface area contributed by atoms with Gasteiger partial charge >= 0.3 is 0 Å². The van der Waals surface area contributed by atoms with E-state index in [4.69, 9.17) is 4.18 Å². The highest BCUT2D eigenvalue weighted by Crippen LogP contribution is 2.42. The molecule has 0 aliphatic carbocycles. The molecule has 0 radical (unpaired) electrons. The fourth-order valence-corrected chi connectivity index (χ4v) is 5.12. The highest BCUT2D eigenvalue weighted by Gasteiger charge is 2.27. The Kier molecular flexibility index (Phi) is 4.66. The standard InChI is InChI=1S/C21H16O6S2/c1-27-29(25,26)19-13-11-15-7-3-5-9-17(15)21(19)20-16-8-4-2-6-14(16)10-12-18(20)28(22,23)24/h2-13H,1H3,(H,22,23,24). The van der Waals surface area contributed by atoms with Gasteiger partial charge in [0.1, 0.15) is 9.79 Å². The molecule has 8 heteroatoms. The van der Waals surface area contributed by atoms with Gasteiger partial charge in [0, 0.05) is 11.1 Å². The number of benzene rings is 4. The van der Waals surface area contributed by atoms with Crippen molar-refractivity contribution < 1.29 is 25.6 Å². The molecule has 0 spiro atoms. The van der Waals surface area contributed by atoms with Crippen LogP contribution in [-0.2, 0) is 24.4 Å². The van der Waals surface area contributed by atoms with Crippen LogP contribution in [-0.4, -0.2) is 28.5 Å². The SMILES string of the molecule is COS(=O)(=O)c1ccc2ccccc2c1-c1c(S(=O)(=O)O)ccc2ccccc12. The molecule has 0 saturated carbocycles. The van der Waals surface area contributed by atoms with Gasteiger partial charge in [0.15, 0.2) is 0 Å². The second-order valence-electron chi connectivity index (χ2n) is 6.42. The van der Waals surface area contributed by atoms with E-state index in [0.29, 0.717) is 21.5 Å². The van der Waals surface area contributed by atoms with Crippen LogP contribution in [0.25, 0.3) is 32.7 Å². The van der Waals surface area contributed by atoms with E-state index in [9.17, 15) is 21.4 Å². The first-order chi connectivity index (χ1) is 13.7. The van der Waals surface area contributed by atoms with Crippen LogP contribution in [0.3, 0.4) is 0 Å². The molecule has 0 fully saturated rings. The van der Waals surface area contributed by atoms with E-state index >= 15 is 0 Å². The van der Waals surface area contributed by atoms with Crippen LogP contribution >= 0.6 is 0 Å².